The lowest BCUT2D eigenvalue weighted by molar-refractivity contribution is -0.120. The number of rotatable bonds is 6. The first-order valence-corrected chi connectivity index (χ1v) is 10.1. The Balaban J connectivity index is 1.54. The molecule has 0 aliphatic carbocycles. The van der Waals surface area contributed by atoms with Gasteiger partial charge in [-0.3, -0.25) is 14.4 Å². The molecule has 2 aromatic rings. The molecule has 3 rings (SSSR count). The van der Waals surface area contributed by atoms with E-state index in [0.717, 1.165) is 12.8 Å². The Morgan fingerprint density at radius 1 is 0.931 bits per heavy atom. The molecule has 0 atom stereocenters. The molecule has 154 valence electrons. The summed E-state index contributed by atoms with van der Waals surface area (Å²) in [6.07, 6.45) is 3.07. The van der Waals surface area contributed by atoms with Gasteiger partial charge in [-0.25, -0.2) is 0 Å². The first-order valence-electron chi connectivity index (χ1n) is 10.1. The fourth-order valence-corrected chi connectivity index (χ4v) is 3.45. The van der Waals surface area contributed by atoms with E-state index >= 15 is 0 Å². The van der Waals surface area contributed by atoms with Crippen molar-refractivity contribution in [2.45, 2.75) is 26.7 Å². The molecular formula is C22H27N3O4. The molecule has 7 nitrogen and oxygen atoms in total. The maximum absolute atomic E-state index is 12.8. The number of carbonyl (C=O) groups excluding carboxylic acids is 3. The highest BCUT2D eigenvalue weighted by molar-refractivity contribution is 5.96. The minimum Gasteiger partial charge on any atom is -0.459 e. The van der Waals surface area contributed by atoms with Crippen LogP contribution in [0.15, 0.2) is 47.1 Å². The number of hydrogen-bond acceptors (Lipinski definition) is 4. The lowest BCUT2D eigenvalue weighted by Gasteiger charge is -2.34. The number of amides is 3. The third-order valence-electron chi connectivity index (χ3n) is 5.34. The summed E-state index contributed by atoms with van der Waals surface area (Å²) in [6.45, 7) is 5.87. The molecule has 0 saturated carbocycles. The molecule has 0 unspecified atom stereocenters. The summed E-state index contributed by atoms with van der Waals surface area (Å²) < 4.78 is 5.16. The van der Waals surface area contributed by atoms with Crippen molar-refractivity contribution in [3.8, 4) is 0 Å². The van der Waals surface area contributed by atoms with Gasteiger partial charge in [0.25, 0.3) is 11.8 Å². The number of nitrogens with zero attached hydrogens (tertiary/aromatic N) is 2. The molecule has 1 fully saturated rings. The van der Waals surface area contributed by atoms with Crippen molar-refractivity contribution in [3.63, 3.8) is 0 Å². The highest BCUT2D eigenvalue weighted by atomic mass is 16.3. The van der Waals surface area contributed by atoms with Gasteiger partial charge in [0.2, 0.25) is 5.91 Å². The van der Waals surface area contributed by atoms with Gasteiger partial charge in [-0.15, -0.1) is 0 Å². The van der Waals surface area contributed by atoms with Gasteiger partial charge in [0.15, 0.2) is 5.76 Å². The van der Waals surface area contributed by atoms with Gasteiger partial charge >= 0.3 is 0 Å². The molecular weight excluding hydrogens is 370 g/mol. The second-order valence-corrected chi connectivity index (χ2v) is 7.14. The van der Waals surface area contributed by atoms with Crippen LogP contribution in [0.3, 0.4) is 0 Å². The molecule has 1 aliphatic heterocycles. The summed E-state index contributed by atoms with van der Waals surface area (Å²) in [7, 11) is 0. The van der Waals surface area contributed by atoms with Crippen molar-refractivity contribution >= 4 is 23.4 Å². The van der Waals surface area contributed by atoms with Gasteiger partial charge in [0.05, 0.1) is 6.26 Å². The van der Waals surface area contributed by atoms with Crippen LogP contribution in [0.25, 0.3) is 0 Å². The van der Waals surface area contributed by atoms with Crippen LogP contribution in [0.2, 0.25) is 0 Å². The van der Waals surface area contributed by atoms with Gasteiger partial charge in [-0.05, 0) is 49.2 Å². The summed E-state index contributed by atoms with van der Waals surface area (Å²) in [5.41, 5.74) is 1.25. The van der Waals surface area contributed by atoms with E-state index in [-0.39, 0.29) is 23.6 Å². The lowest BCUT2D eigenvalue weighted by atomic mass is 10.0. The Morgan fingerprint density at radius 3 is 2.03 bits per heavy atom. The van der Waals surface area contributed by atoms with Crippen LogP contribution in [-0.4, -0.2) is 53.7 Å². The Labute approximate surface area is 170 Å². The zero-order chi connectivity index (χ0) is 20.8. The van der Waals surface area contributed by atoms with E-state index in [1.807, 2.05) is 13.8 Å². The minimum atomic E-state index is -0.153. The van der Waals surface area contributed by atoms with Gasteiger partial charge < -0.3 is 19.5 Å². The number of carbonyl (C=O) groups is 3. The summed E-state index contributed by atoms with van der Waals surface area (Å²) in [5.74, 6) is 0.0892. The molecule has 3 amide bonds. The van der Waals surface area contributed by atoms with Crippen LogP contribution in [0.4, 0.5) is 5.69 Å². The van der Waals surface area contributed by atoms with Crippen LogP contribution in [-0.2, 0) is 4.79 Å². The van der Waals surface area contributed by atoms with E-state index in [0.29, 0.717) is 43.2 Å². The topological polar surface area (TPSA) is 82.9 Å². The number of benzene rings is 1. The average molecular weight is 397 g/mol. The zero-order valence-electron chi connectivity index (χ0n) is 16.9. The van der Waals surface area contributed by atoms with E-state index in [1.165, 1.54) is 6.26 Å². The molecule has 1 saturated heterocycles. The number of hydrogen-bond donors (Lipinski definition) is 1. The highest BCUT2D eigenvalue weighted by Crippen LogP contribution is 2.17. The number of anilines is 1. The molecule has 0 radical (unpaired) electrons. The summed E-state index contributed by atoms with van der Waals surface area (Å²) in [4.78, 5) is 40.7. The smallest absolute Gasteiger partial charge is 0.289 e. The minimum absolute atomic E-state index is 0.00325. The van der Waals surface area contributed by atoms with Gasteiger partial charge in [0, 0.05) is 43.3 Å². The first kappa shape index (κ1) is 20.6. The lowest BCUT2D eigenvalue weighted by Crippen LogP contribution is -2.50. The highest BCUT2D eigenvalue weighted by Gasteiger charge is 2.26. The third-order valence-corrected chi connectivity index (χ3v) is 5.34. The van der Waals surface area contributed by atoms with E-state index in [4.69, 9.17) is 4.42 Å². The maximum Gasteiger partial charge on any atom is 0.289 e. The van der Waals surface area contributed by atoms with E-state index in [1.54, 1.807) is 46.2 Å². The van der Waals surface area contributed by atoms with Gasteiger partial charge in [-0.2, -0.15) is 0 Å². The summed E-state index contributed by atoms with van der Waals surface area (Å²) >= 11 is 0. The predicted octanol–water partition coefficient (Wildman–Crippen LogP) is 3.25. The van der Waals surface area contributed by atoms with Crippen molar-refractivity contribution in [1.82, 2.24) is 9.80 Å². The molecule has 1 aliphatic rings. The van der Waals surface area contributed by atoms with Crippen molar-refractivity contribution in [3.05, 3.63) is 54.0 Å². The Morgan fingerprint density at radius 2 is 1.52 bits per heavy atom. The average Bonchev–Trinajstić information content (AvgIpc) is 3.29. The van der Waals surface area contributed by atoms with E-state index in [9.17, 15) is 14.4 Å². The second-order valence-electron chi connectivity index (χ2n) is 7.14. The SMILES string of the molecule is CCC(CC)C(=O)Nc1ccc(C(=O)N2CCN(C(=O)c3ccco3)CC2)cc1. The Kier molecular flexibility index (Phi) is 6.69. The summed E-state index contributed by atoms with van der Waals surface area (Å²) in [5, 5.41) is 2.90. The molecule has 1 aromatic heterocycles. The van der Waals surface area contributed by atoms with Crippen molar-refractivity contribution in [1.29, 1.82) is 0 Å². The van der Waals surface area contributed by atoms with Crippen molar-refractivity contribution < 1.29 is 18.8 Å². The molecule has 29 heavy (non-hydrogen) atoms. The van der Waals surface area contributed by atoms with Gasteiger partial charge in [-0.1, -0.05) is 13.8 Å². The fraction of sp³-hybridized carbons (Fsp3) is 0.409. The Bertz CT molecular complexity index is 833. The van der Waals surface area contributed by atoms with Crippen molar-refractivity contribution in [2.24, 2.45) is 5.92 Å². The fourth-order valence-electron chi connectivity index (χ4n) is 3.45. The quantitative estimate of drug-likeness (QED) is 0.811. The summed E-state index contributed by atoms with van der Waals surface area (Å²) in [6, 6.07) is 10.3. The van der Waals surface area contributed by atoms with Crippen LogP contribution in [0, 0.1) is 5.92 Å². The van der Waals surface area contributed by atoms with Gasteiger partial charge in [0.1, 0.15) is 0 Å². The maximum atomic E-state index is 12.8. The largest absolute Gasteiger partial charge is 0.459 e. The zero-order valence-corrected chi connectivity index (χ0v) is 16.9. The van der Waals surface area contributed by atoms with Crippen molar-refractivity contribution in [2.75, 3.05) is 31.5 Å². The third kappa shape index (κ3) is 4.85. The van der Waals surface area contributed by atoms with Crippen LogP contribution >= 0.6 is 0 Å². The number of piperazine rings is 1. The number of furan rings is 1. The molecule has 0 spiro atoms. The second kappa shape index (κ2) is 9.41. The molecule has 1 N–H and O–H groups in total. The standard InChI is InChI=1S/C22H27N3O4/c1-3-16(4-2)20(26)23-18-9-7-17(8-10-18)21(27)24-11-13-25(14-12-24)22(28)19-6-5-15-29-19/h5-10,15-16H,3-4,11-14H2,1-2H3,(H,23,26). The molecule has 0 bridgehead atoms. The van der Waals surface area contributed by atoms with E-state index in [2.05, 4.69) is 5.32 Å². The molecule has 7 heteroatoms. The first-order chi connectivity index (χ1) is 14.0. The Hall–Kier alpha value is -3.09. The molecule has 1 aromatic carbocycles. The normalized spacial score (nSPS) is 14.2. The van der Waals surface area contributed by atoms with Crippen LogP contribution in [0.1, 0.15) is 47.6 Å². The van der Waals surface area contributed by atoms with E-state index < -0.39 is 0 Å². The molecule has 2 heterocycles. The van der Waals surface area contributed by atoms with Crippen LogP contribution < -0.4 is 5.32 Å². The number of nitrogens with one attached hydrogen (secondary N) is 1. The van der Waals surface area contributed by atoms with Crippen LogP contribution in [0.5, 0.6) is 0 Å². The predicted molar refractivity (Wildman–Crippen MR) is 110 cm³/mol. The monoisotopic (exact) mass is 397 g/mol.